The summed E-state index contributed by atoms with van der Waals surface area (Å²) in [5, 5.41) is 0. The fourth-order valence-corrected chi connectivity index (χ4v) is 5.13. The van der Waals surface area contributed by atoms with Gasteiger partial charge in [0.2, 0.25) is 10.0 Å². The van der Waals surface area contributed by atoms with Crippen LogP contribution in [0.1, 0.15) is 12.8 Å². The number of esters is 1. The molecule has 0 aliphatic carbocycles. The number of benzene rings is 2. The maximum absolute atomic E-state index is 13.1. The Morgan fingerprint density at radius 3 is 2.18 bits per heavy atom. The molecule has 0 saturated carbocycles. The summed E-state index contributed by atoms with van der Waals surface area (Å²) in [6.45, 7) is 1.15. The molecule has 1 unspecified atom stereocenters. The molecule has 1 fully saturated rings. The molecule has 1 amide bonds. The number of methoxy groups -OCH3 is 2. The standard InChI is InChI=1S/C24H30N2O7S/c1-31-16-17-33-24(28)26-14-12-20(13-15-26)22(23(27)32-2)25-34(29,30)21-10-8-19(9-11-21)18-6-4-3-5-7-18/h3-11,20,22,25H,12-17H2,1-2H3. The minimum Gasteiger partial charge on any atom is -0.468 e. The monoisotopic (exact) mass is 490 g/mol. The van der Waals surface area contributed by atoms with E-state index < -0.39 is 28.1 Å². The second-order valence-electron chi connectivity index (χ2n) is 7.94. The van der Waals surface area contributed by atoms with Gasteiger partial charge >= 0.3 is 12.1 Å². The number of likely N-dealkylation sites (tertiary alicyclic amines) is 1. The van der Waals surface area contributed by atoms with Crippen molar-refractivity contribution in [1.29, 1.82) is 0 Å². The van der Waals surface area contributed by atoms with Crippen LogP contribution in [0.3, 0.4) is 0 Å². The summed E-state index contributed by atoms with van der Waals surface area (Å²) in [6, 6.07) is 15.0. The van der Waals surface area contributed by atoms with Crippen molar-refractivity contribution in [2.45, 2.75) is 23.8 Å². The van der Waals surface area contributed by atoms with Crippen molar-refractivity contribution in [3.8, 4) is 11.1 Å². The molecule has 3 rings (SSSR count). The van der Waals surface area contributed by atoms with Gasteiger partial charge in [0.15, 0.2) is 0 Å². The maximum atomic E-state index is 13.1. The van der Waals surface area contributed by atoms with E-state index in [9.17, 15) is 18.0 Å². The van der Waals surface area contributed by atoms with Gasteiger partial charge in [-0.1, -0.05) is 42.5 Å². The van der Waals surface area contributed by atoms with Crippen molar-refractivity contribution in [2.24, 2.45) is 5.92 Å². The Balaban J connectivity index is 1.67. The van der Waals surface area contributed by atoms with E-state index in [1.807, 2.05) is 30.3 Å². The zero-order valence-corrected chi connectivity index (χ0v) is 20.1. The number of sulfonamides is 1. The number of carbonyl (C=O) groups excluding carboxylic acids is 2. The van der Waals surface area contributed by atoms with Gasteiger partial charge in [-0.05, 0) is 42.0 Å². The van der Waals surface area contributed by atoms with E-state index in [-0.39, 0.29) is 17.4 Å². The zero-order chi connectivity index (χ0) is 24.6. The number of amides is 1. The first-order valence-electron chi connectivity index (χ1n) is 11.0. The van der Waals surface area contributed by atoms with Crippen LogP contribution < -0.4 is 4.72 Å². The molecule has 2 aromatic rings. The number of ether oxygens (including phenoxy) is 3. The second-order valence-corrected chi connectivity index (χ2v) is 9.66. The molecular weight excluding hydrogens is 460 g/mol. The largest absolute Gasteiger partial charge is 0.468 e. The van der Waals surface area contributed by atoms with Crippen LogP contribution in [0.15, 0.2) is 59.5 Å². The van der Waals surface area contributed by atoms with E-state index in [4.69, 9.17) is 14.2 Å². The first kappa shape index (κ1) is 25.7. The minimum atomic E-state index is -3.98. The predicted molar refractivity (Wildman–Crippen MR) is 126 cm³/mol. The Kier molecular flexibility index (Phi) is 9.03. The molecule has 0 bridgehead atoms. The molecule has 1 aliphatic heterocycles. The molecule has 0 aromatic heterocycles. The van der Waals surface area contributed by atoms with E-state index in [0.29, 0.717) is 32.5 Å². The van der Waals surface area contributed by atoms with E-state index in [2.05, 4.69) is 4.72 Å². The fraction of sp³-hybridized carbons (Fsp3) is 0.417. The van der Waals surface area contributed by atoms with Crippen LogP contribution in [0.25, 0.3) is 11.1 Å². The molecule has 9 nitrogen and oxygen atoms in total. The molecule has 34 heavy (non-hydrogen) atoms. The van der Waals surface area contributed by atoms with Gasteiger partial charge in [-0.25, -0.2) is 13.2 Å². The average molecular weight is 491 g/mol. The summed E-state index contributed by atoms with van der Waals surface area (Å²) < 4.78 is 43.5. The van der Waals surface area contributed by atoms with Gasteiger partial charge in [0.25, 0.3) is 0 Å². The van der Waals surface area contributed by atoms with Crippen molar-refractivity contribution >= 4 is 22.1 Å². The van der Waals surface area contributed by atoms with E-state index in [1.165, 1.54) is 31.3 Å². The summed E-state index contributed by atoms with van der Waals surface area (Å²) in [6.07, 6.45) is 0.396. The quantitative estimate of drug-likeness (QED) is 0.425. The molecule has 2 aromatic carbocycles. The van der Waals surface area contributed by atoms with Gasteiger partial charge < -0.3 is 19.1 Å². The Labute approximate surface area is 200 Å². The lowest BCUT2D eigenvalue weighted by Gasteiger charge is -2.34. The summed E-state index contributed by atoms with van der Waals surface area (Å²) >= 11 is 0. The van der Waals surface area contributed by atoms with Crippen molar-refractivity contribution in [2.75, 3.05) is 40.5 Å². The number of hydrogen-bond acceptors (Lipinski definition) is 7. The Morgan fingerprint density at radius 1 is 0.971 bits per heavy atom. The SMILES string of the molecule is COCCOC(=O)N1CCC(C(NS(=O)(=O)c2ccc(-c3ccccc3)cc2)C(=O)OC)CC1. The fourth-order valence-electron chi connectivity index (χ4n) is 3.88. The number of hydrogen-bond donors (Lipinski definition) is 1. The third-order valence-corrected chi connectivity index (χ3v) is 7.25. The van der Waals surface area contributed by atoms with Gasteiger partial charge in [-0.2, -0.15) is 4.72 Å². The number of rotatable bonds is 9. The van der Waals surface area contributed by atoms with Crippen molar-refractivity contribution < 1.29 is 32.2 Å². The summed E-state index contributed by atoms with van der Waals surface area (Å²) in [7, 11) is -1.24. The first-order valence-corrected chi connectivity index (χ1v) is 12.5. The molecule has 184 valence electrons. The number of nitrogens with zero attached hydrogens (tertiary/aromatic N) is 1. The smallest absolute Gasteiger partial charge is 0.409 e. The van der Waals surface area contributed by atoms with Crippen LogP contribution in [0, 0.1) is 5.92 Å². The maximum Gasteiger partial charge on any atom is 0.409 e. The van der Waals surface area contributed by atoms with Crippen LogP contribution in [-0.4, -0.2) is 71.9 Å². The Bertz CT molecular complexity index is 1050. The highest BCUT2D eigenvalue weighted by Crippen LogP contribution is 2.25. The van der Waals surface area contributed by atoms with Gasteiger partial charge in [0.1, 0.15) is 12.6 Å². The lowest BCUT2D eigenvalue weighted by Crippen LogP contribution is -2.50. The topological polar surface area (TPSA) is 111 Å². The van der Waals surface area contributed by atoms with E-state index in [0.717, 1.165) is 11.1 Å². The molecule has 1 heterocycles. The highest BCUT2D eigenvalue weighted by molar-refractivity contribution is 7.89. The number of piperidine rings is 1. The first-order chi connectivity index (χ1) is 16.4. The summed E-state index contributed by atoms with van der Waals surface area (Å²) in [4.78, 5) is 26.2. The average Bonchev–Trinajstić information content (AvgIpc) is 2.87. The molecule has 0 radical (unpaired) electrons. The highest BCUT2D eigenvalue weighted by Gasteiger charge is 2.36. The predicted octanol–water partition coefficient (Wildman–Crippen LogP) is 2.67. The van der Waals surface area contributed by atoms with Crippen molar-refractivity contribution in [3.63, 3.8) is 0 Å². The molecule has 10 heteroatoms. The summed E-state index contributed by atoms with van der Waals surface area (Å²) in [5.74, 6) is -0.987. The lowest BCUT2D eigenvalue weighted by atomic mass is 9.90. The highest BCUT2D eigenvalue weighted by atomic mass is 32.2. The number of nitrogens with one attached hydrogen (secondary N) is 1. The van der Waals surface area contributed by atoms with Crippen molar-refractivity contribution in [3.05, 3.63) is 54.6 Å². The molecule has 0 spiro atoms. The zero-order valence-electron chi connectivity index (χ0n) is 19.3. The van der Waals surface area contributed by atoms with Crippen LogP contribution >= 0.6 is 0 Å². The van der Waals surface area contributed by atoms with Gasteiger partial charge in [-0.15, -0.1) is 0 Å². The van der Waals surface area contributed by atoms with E-state index >= 15 is 0 Å². The Morgan fingerprint density at radius 2 is 1.59 bits per heavy atom. The third kappa shape index (κ3) is 6.55. The van der Waals surface area contributed by atoms with Crippen LogP contribution in [0.4, 0.5) is 4.79 Å². The van der Waals surface area contributed by atoms with Gasteiger partial charge in [0.05, 0.1) is 18.6 Å². The normalized spacial score (nSPS) is 15.5. The van der Waals surface area contributed by atoms with Crippen LogP contribution in [0.5, 0.6) is 0 Å². The lowest BCUT2D eigenvalue weighted by molar-refractivity contribution is -0.144. The molecule has 1 atom stereocenters. The molecule has 1 aliphatic rings. The molecule has 1 saturated heterocycles. The van der Waals surface area contributed by atoms with Gasteiger partial charge in [0, 0.05) is 20.2 Å². The Hall–Kier alpha value is -2.95. The van der Waals surface area contributed by atoms with E-state index in [1.54, 1.807) is 12.1 Å². The number of carbonyl (C=O) groups is 2. The minimum absolute atomic E-state index is 0.0558. The summed E-state index contributed by atoms with van der Waals surface area (Å²) in [5.41, 5.74) is 1.85. The van der Waals surface area contributed by atoms with Gasteiger partial charge in [-0.3, -0.25) is 4.79 Å². The molecule has 1 N–H and O–H groups in total. The van der Waals surface area contributed by atoms with Crippen LogP contribution in [-0.2, 0) is 29.0 Å². The third-order valence-electron chi connectivity index (χ3n) is 5.79. The van der Waals surface area contributed by atoms with Crippen molar-refractivity contribution in [1.82, 2.24) is 9.62 Å². The molecular formula is C24H30N2O7S. The second kappa shape index (κ2) is 12.0. The van der Waals surface area contributed by atoms with Crippen LogP contribution in [0.2, 0.25) is 0 Å².